The third-order valence-corrected chi connectivity index (χ3v) is 5.93. The summed E-state index contributed by atoms with van der Waals surface area (Å²) in [7, 11) is 1.84. The smallest absolute Gasteiger partial charge is 0.405 e. The highest BCUT2D eigenvalue weighted by molar-refractivity contribution is 5.75. The molecule has 1 aromatic carbocycles. The van der Waals surface area contributed by atoms with E-state index in [1.54, 1.807) is 15.6 Å². The number of halogens is 1. The number of benzene rings is 1. The van der Waals surface area contributed by atoms with Crippen LogP contribution >= 0.6 is 0 Å². The average Bonchev–Trinajstić information content (AvgIpc) is 3.13. The fourth-order valence-electron chi connectivity index (χ4n) is 4.18. The highest BCUT2D eigenvalue weighted by atomic mass is 19.1. The number of nitrogens with zero attached hydrogens (tertiary/aromatic N) is 4. The Morgan fingerprint density at radius 3 is 2.79 bits per heavy atom. The summed E-state index contributed by atoms with van der Waals surface area (Å²) in [6.07, 6.45) is 1.61. The van der Waals surface area contributed by atoms with E-state index in [0.717, 1.165) is 35.4 Å². The Labute approximate surface area is 166 Å². The zero-order valence-electron chi connectivity index (χ0n) is 16.7. The molecule has 29 heavy (non-hydrogen) atoms. The van der Waals surface area contributed by atoms with E-state index in [2.05, 4.69) is 5.10 Å². The van der Waals surface area contributed by atoms with Gasteiger partial charge in [-0.15, -0.1) is 0 Å². The van der Waals surface area contributed by atoms with E-state index >= 15 is 0 Å². The van der Waals surface area contributed by atoms with Crippen molar-refractivity contribution in [2.45, 2.75) is 39.2 Å². The number of urea groups is 1. The lowest BCUT2D eigenvalue weighted by Gasteiger charge is -2.31. The van der Waals surface area contributed by atoms with Gasteiger partial charge in [-0.25, -0.2) is 14.0 Å². The predicted octanol–water partition coefficient (Wildman–Crippen LogP) is 2.39. The summed E-state index contributed by atoms with van der Waals surface area (Å²) in [6.45, 7) is 5.09. The molecule has 9 heteroatoms. The minimum atomic E-state index is -0.610. The molecule has 1 saturated heterocycles. The van der Waals surface area contributed by atoms with Crippen molar-refractivity contribution in [2.24, 2.45) is 12.8 Å². The number of oxazole rings is 1. The Bertz CT molecular complexity index is 1160. The van der Waals surface area contributed by atoms with Crippen LogP contribution < -0.4 is 11.5 Å². The number of piperidine rings is 1. The van der Waals surface area contributed by atoms with Gasteiger partial charge in [-0.3, -0.25) is 9.25 Å². The largest absolute Gasteiger partial charge is 0.420 e. The summed E-state index contributed by atoms with van der Waals surface area (Å²) in [4.78, 5) is 25.6. The number of carbonyl (C=O) groups excluding carboxylic acids is 1. The van der Waals surface area contributed by atoms with Crippen molar-refractivity contribution in [1.82, 2.24) is 19.2 Å². The maximum atomic E-state index is 14.8. The van der Waals surface area contributed by atoms with E-state index in [9.17, 15) is 14.0 Å². The molecule has 2 N–H and O–H groups in total. The predicted molar refractivity (Wildman–Crippen MR) is 105 cm³/mol. The second kappa shape index (κ2) is 7.06. The molecule has 1 unspecified atom stereocenters. The van der Waals surface area contributed by atoms with Gasteiger partial charge in [0.05, 0.1) is 17.8 Å². The molecule has 0 bridgehead atoms. The lowest BCUT2D eigenvalue weighted by molar-refractivity contribution is 0.189. The molecule has 1 aliphatic heterocycles. The van der Waals surface area contributed by atoms with Gasteiger partial charge >= 0.3 is 11.8 Å². The van der Waals surface area contributed by atoms with Gasteiger partial charge in [-0.2, -0.15) is 5.10 Å². The first kappa shape index (κ1) is 19.2. The quantitative estimate of drug-likeness (QED) is 0.728. The molecule has 0 aliphatic carbocycles. The third kappa shape index (κ3) is 3.30. The number of carbonyl (C=O) groups is 1. The summed E-state index contributed by atoms with van der Waals surface area (Å²) >= 11 is 0. The summed E-state index contributed by atoms with van der Waals surface area (Å²) in [6, 6.07) is 2.71. The molecule has 1 fully saturated rings. The third-order valence-electron chi connectivity index (χ3n) is 5.93. The van der Waals surface area contributed by atoms with Crippen LogP contribution in [0, 0.1) is 19.7 Å². The number of primary amides is 1. The van der Waals surface area contributed by atoms with E-state index in [-0.39, 0.29) is 18.0 Å². The van der Waals surface area contributed by atoms with Crippen LogP contribution in [-0.2, 0) is 13.6 Å². The molecule has 0 radical (unpaired) electrons. The first-order chi connectivity index (χ1) is 13.8. The van der Waals surface area contributed by atoms with Gasteiger partial charge in [-0.1, -0.05) is 0 Å². The van der Waals surface area contributed by atoms with Gasteiger partial charge in [-0.05, 0) is 44.4 Å². The molecular weight excluding hydrogens is 377 g/mol. The van der Waals surface area contributed by atoms with Crippen LogP contribution in [0.4, 0.5) is 9.18 Å². The molecule has 2 aromatic heterocycles. The number of hydrogen-bond donors (Lipinski definition) is 1. The van der Waals surface area contributed by atoms with Crippen LogP contribution in [0.1, 0.15) is 41.3 Å². The summed E-state index contributed by atoms with van der Waals surface area (Å²) in [5, 5.41) is 4.38. The standard InChI is InChI=1S/C20H24FN5O3/c1-11-15(12(2)24(3)23-11)10-26-17-8-14(7-16(21)18(17)29-20(26)28)13-5-4-6-25(9-13)19(22)27/h7-8,13H,4-6,9-10H2,1-3H3,(H2,22,27). The van der Waals surface area contributed by atoms with E-state index in [1.807, 2.05) is 20.9 Å². The molecule has 0 spiro atoms. The molecular formula is C20H24FN5O3. The first-order valence-electron chi connectivity index (χ1n) is 9.62. The number of likely N-dealkylation sites (tertiary alicyclic amines) is 1. The van der Waals surface area contributed by atoms with Crippen molar-refractivity contribution in [2.75, 3.05) is 13.1 Å². The van der Waals surface area contributed by atoms with Crippen molar-refractivity contribution in [3.8, 4) is 0 Å². The lowest BCUT2D eigenvalue weighted by Crippen LogP contribution is -2.42. The molecule has 3 heterocycles. The number of hydrogen-bond acceptors (Lipinski definition) is 4. The van der Waals surface area contributed by atoms with E-state index in [1.165, 1.54) is 10.6 Å². The number of aromatic nitrogens is 3. The highest BCUT2D eigenvalue weighted by Gasteiger charge is 2.26. The molecule has 1 aliphatic rings. The Balaban J connectivity index is 1.77. The van der Waals surface area contributed by atoms with Crippen LogP contribution in [0.25, 0.3) is 11.1 Å². The topological polar surface area (TPSA) is 99.3 Å². The van der Waals surface area contributed by atoms with Crippen molar-refractivity contribution in [1.29, 1.82) is 0 Å². The van der Waals surface area contributed by atoms with Gasteiger partial charge in [0.1, 0.15) is 0 Å². The molecule has 0 saturated carbocycles. The number of nitrogens with two attached hydrogens (primary N) is 1. The fourth-order valence-corrected chi connectivity index (χ4v) is 4.18. The van der Waals surface area contributed by atoms with Gasteiger partial charge < -0.3 is 15.1 Å². The van der Waals surface area contributed by atoms with Crippen LogP contribution in [0.5, 0.6) is 0 Å². The van der Waals surface area contributed by atoms with Crippen molar-refractivity contribution >= 4 is 17.1 Å². The van der Waals surface area contributed by atoms with Gasteiger partial charge in [0.2, 0.25) is 0 Å². The average molecular weight is 401 g/mol. The van der Waals surface area contributed by atoms with E-state index in [0.29, 0.717) is 18.6 Å². The van der Waals surface area contributed by atoms with Crippen LogP contribution in [0.15, 0.2) is 21.3 Å². The van der Waals surface area contributed by atoms with Crippen LogP contribution in [0.3, 0.4) is 0 Å². The Kier molecular flexibility index (Phi) is 4.68. The first-order valence-corrected chi connectivity index (χ1v) is 9.62. The van der Waals surface area contributed by atoms with Crippen molar-refractivity contribution < 1.29 is 13.6 Å². The zero-order chi connectivity index (χ0) is 20.9. The SMILES string of the molecule is Cc1nn(C)c(C)c1Cn1c(=O)oc2c(F)cc(C3CCCN(C(N)=O)C3)cc21. The highest BCUT2D eigenvalue weighted by Crippen LogP contribution is 2.31. The number of aryl methyl sites for hydroxylation is 2. The van der Waals surface area contributed by atoms with Crippen molar-refractivity contribution in [3.63, 3.8) is 0 Å². The molecule has 8 nitrogen and oxygen atoms in total. The van der Waals surface area contributed by atoms with Crippen molar-refractivity contribution in [3.05, 3.63) is 51.0 Å². The summed E-state index contributed by atoms with van der Waals surface area (Å²) in [5.41, 5.74) is 9.15. The minimum absolute atomic E-state index is 0.0459. The normalized spacial score (nSPS) is 17.2. The van der Waals surface area contributed by atoms with E-state index < -0.39 is 17.6 Å². The second-order valence-electron chi connectivity index (χ2n) is 7.70. The number of fused-ring (bicyclic) bond motifs is 1. The van der Waals surface area contributed by atoms with Gasteiger partial charge in [0.15, 0.2) is 11.4 Å². The Morgan fingerprint density at radius 2 is 2.14 bits per heavy atom. The number of amides is 2. The van der Waals surface area contributed by atoms with Gasteiger partial charge in [0, 0.05) is 37.3 Å². The zero-order valence-corrected chi connectivity index (χ0v) is 16.7. The molecule has 2 amide bonds. The van der Waals surface area contributed by atoms with Crippen LogP contribution in [-0.4, -0.2) is 38.4 Å². The maximum Gasteiger partial charge on any atom is 0.420 e. The maximum absolute atomic E-state index is 14.8. The number of rotatable bonds is 3. The lowest BCUT2D eigenvalue weighted by atomic mass is 9.90. The monoisotopic (exact) mass is 401 g/mol. The summed E-state index contributed by atoms with van der Waals surface area (Å²) < 4.78 is 23.2. The second-order valence-corrected chi connectivity index (χ2v) is 7.70. The molecule has 1 atom stereocenters. The molecule has 3 aromatic rings. The Hall–Kier alpha value is -3.10. The Morgan fingerprint density at radius 1 is 1.38 bits per heavy atom. The van der Waals surface area contributed by atoms with E-state index in [4.69, 9.17) is 10.2 Å². The minimum Gasteiger partial charge on any atom is -0.405 e. The summed E-state index contributed by atoms with van der Waals surface area (Å²) in [5.74, 6) is -1.24. The molecule has 4 rings (SSSR count). The van der Waals surface area contributed by atoms with Gasteiger partial charge in [0.25, 0.3) is 0 Å². The van der Waals surface area contributed by atoms with Crippen LogP contribution in [0.2, 0.25) is 0 Å². The molecule has 154 valence electrons. The fraction of sp³-hybridized carbons (Fsp3) is 0.450.